The van der Waals surface area contributed by atoms with E-state index in [1.165, 1.54) is 16.9 Å². The highest BCUT2D eigenvalue weighted by atomic mass is 32.1. The Hall–Kier alpha value is -2.99. The first-order valence-corrected chi connectivity index (χ1v) is 12.6. The van der Waals surface area contributed by atoms with Crippen LogP contribution in [0, 0.1) is 5.92 Å². The largest absolute Gasteiger partial charge is 0.483 e. The molecule has 3 aliphatic rings. The lowest BCUT2D eigenvalue weighted by molar-refractivity contribution is -0.131. The van der Waals surface area contributed by atoms with Crippen LogP contribution in [0.3, 0.4) is 0 Å². The lowest BCUT2D eigenvalue weighted by Crippen LogP contribution is -2.39. The third-order valence-corrected chi connectivity index (χ3v) is 8.17. The van der Waals surface area contributed by atoms with E-state index >= 15 is 0 Å². The molecule has 6 rings (SSSR count). The monoisotopic (exact) mass is 458 g/mol. The molecule has 2 aromatic carbocycles. The van der Waals surface area contributed by atoms with Crippen molar-refractivity contribution >= 4 is 38.4 Å². The Labute approximate surface area is 197 Å². The number of fused-ring (bicyclic) bond motifs is 2. The van der Waals surface area contributed by atoms with Gasteiger partial charge < -0.3 is 4.74 Å². The number of aromatic nitrogens is 1. The molecule has 1 aromatic heterocycles. The number of nitrogens with zero attached hydrogens (tertiary/aromatic N) is 2. The Kier molecular flexibility index (Phi) is 4.87. The summed E-state index contributed by atoms with van der Waals surface area (Å²) in [5, 5.41) is 0.610. The highest BCUT2D eigenvalue weighted by Crippen LogP contribution is 2.49. The van der Waals surface area contributed by atoms with Crippen LogP contribution in [0.4, 0.5) is 5.13 Å². The Morgan fingerprint density at radius 2 is 1.85 bits per heavy atom. The van der Waals surface area contributed by atoms with E-state index in [1.807, 2.05) is 36.4 Å². The quantitative estimate of drug-likeness (QED) is 0.489. The van der Waals surface area contributed by atoms with Crippen molar-refractivity contribution in [2.75, 3.05) is 4.90 Å². The Balaban J connectivity index is 1.49. The van der Waals surface area contributed by atoms with E-state index in [0.717, 1.165) is 41.5 Å². The fourth-order valence-corrected chi connectivity index (χ4v) is 6.42. The van der Waals surface area contributed by atoms with Gasteiger partial charge in [-0.1, -0.05) is 68.0 Å². The second kappa shape index (κ2) is 7.80. The summed E-state index contributed by atoms with van der Waals surface area (Å²) in [6.45, 7) is 4.33. The molecular formula is C27H26N2O3S. The molecule has 0 radical (unpaired) electrons. The van der Waals surface area contributed by atoms with Gasteiger partial charge in [-0.3, -0.25) is 14.5 Å². The van der Waals surface area contributed by atoms with Gasteiger partial charge in [0.1, 0.15) is 6.10 Å². The highest BCUT2D eigenvalue weighted by molar-refractivity contribution is 7.22. The van der Waals surface area contributed by atoms with Gasteiger partial charge in [0, 0.05) is 0 Å². The number of anilines is 1. The normalized spacial score (nSPS) is 24.9. The van der Waals surface area contributed by atoms with Gasteiger partial charge in [-0.2, -0.15) is 0 Å². The zero-order valence-electron chi connectivity index (χ0n) is 18.8. The van der Waals surface area contributed by atoms with Crippen LogP contribution in [0.1, 0.15) is 62.6 Å². The number of hydrogen-bond donors (Lipinski definition) is 0. The molecule has 1 saturated carbocycles. The van der Waals surface area contributed by atoms with Crippen LogP contribution in [0.25, 0.3) is 10.2 Å². The molecule has 1 fully saturated rings. The summed E-state index contributed by atoms with van der Waals surface area (Å²) in [5.41, 5.74) is 3.52. The fourth-order valence-electron chi connectivity index (χ4n) is 5.38. The summed E-state index contributed by atoms with van der Waals surface area (Å²) in [6.07, 6.45) is 3.54. The number of hydrogen-bond acceptors (Lipinski definition) is 5. The lowest BCUT2D eigenvalue weighted by atomic mass is 9.77. The maximum atomic E-state index is 13.8. The van der Waals surface area contributed by atoms with E-state index in [9.17, 15) is 9.59 Å². The molecule has 3 heterocycles. The summed E-state index contributed by atoms with van der Waals surface area (Å²) in [4.78, 5) is 34.0. The molecule has 3 atom stereocenters. The average Bonchev–Trinajstić information content (AvgIpc) is 3.38. The number of carbonyl (C=O) groups is 2. The predicted octanol–water partition coefficient (Wildman–Crippen LogP) is 5.92. The zero-order valence-corrected chi connectivity index (χ0v) is 19.6. The van der Waals surface area contributed by atoms with Crippen molar-refractivity contribution in [3.63, 3.8) is 0 Å². The van der Waals surface area contributed by atoms with Crippen molar-refractivity contribution in [1.82, 2.24) is 4.98 Å². The topological polar surface area (TPSA) is 59.5 Å². The molecule has 33 heavy (non-hydrogen) atoms. The van der Waals surface area contributed by atoms with Gasteiger partial charge in [-0.05, 0) is 48.4 Å². The minimum absolute atomic E-state index is 0.0776. The minimum atomic E-state index is -0.505. The van der Waals surface area contributed by atoms with Gasteiger partial charge in [0.2, 0.25) is 0 Å². The van der Waals surface area contributed by atoms with Crippen molar-refractivity contribution in [2.24, 2.45) is 5.92 Å². The number of rotatable bonds is 3. The Morgan fingerprint density at radius 3 is 2.64 bits per heavy atom. The van der Waals surface area contributed by atoms with Gasteiger partial charge in [0.05, 0.1) is 27.7 Å². The number of ether oxygens (including phenoxy) is 1. The SMILES string of the molecule is CC(C)c1ccc2nc(N3C(=O)C4=C(C(=O)C5CCCCC5O4)C3c3ccccc3)sc2c1. The lowest BCUT2D eigenvalue weighted by Gasteiger charge is -2.35. The Bertz CT molecular complexity index is 1290. The summed E-state index contributed by atoms with van der Waals surface area (Å²) in [6, 6.07) is 15.6. The van der Waals surface area contributed by atoms with Crippen LogP contribution in [-0.2, 0) is 14.3 Å². The minimum Gasteiger partial charge on any atom is -0.483 e. The number of carbonyl (C=O) groups excluding carboxylic acids is 2. The first-order chi connectivity index (χ1) is 16.0. The molecule has 168 valence electrons. The van der Waals surface area contributed by atoms with Crippen LogP contribution in [0.5, 0.6) is 0 Å². The van der Waals surface area contributed by atoms with Crippen molar-refractivity contribution in [3.05, 3.63) is 71.0 Å². The molecule has 6 heteroatoms. The number of amides is 1. The standard InChI is InChI=1S/C27H26N2O3S/c1-15(2)17-12-13-19-21(14-17)33-27(28-19)29-23(16-8-4-3-5-9-16)22-24(30)18-10-6-7-11-20(18)32-25(22)26(29)31/h3-5,8-9,12-15,18,20,23H,6-7,10-11H2,1-2H3. The van der Waals surface area contributed by atoms with Gasteiger partial charge in [0.15, 0.2) is 16.7 Å². The molecule has 0 saturated heterocycles. The zero-order chi connectivity index (χ0) is 22.7. The molecule has 1 aliphatic carbocycles. The second-order valence-corrected chi connectivity index (χ2v) is 10.5. The van der Waals surface area contributed by atoms with E-state index in [2.05, 4.69) is 26.0 Å². The molecule has 3 aromatic rings. The summed E-state index contributed by atoms with van der Waals surface area (Å²) in [5.74, 6) is 0.321. The van der Waals surface area contributed by atoms with Crippen LogP contribution >= 0.6 is 11.3 Å². The number of Topliss-reactive ketones (excluding diaryl/α,β-unsaturated/α-hetero) is 1. The molecule has 2 aliphatic heterocycles. The Morgan fingerprint density at radius 1 is 1.06 bits per heavy atom. The van der Waals surface area contributed by atoms with Crippen LogP contribution in [0.15, 0.2) is 59.9 Å². The molecular weight excluding hydrogens is 432 g/mol. The van der Waals surface area contributed by atoms with Crippen molar-refractivity contribution in [3.8, 4) is 0 Å². The van der Waals surface area contributed by atoms with E-state index in [0.29, 0.717) is 16.6 Å². The maximum absolute atomic E-state index is 13.8. The van der Waals surface area contributed by atoms with Crippen molar-refractivity contribution < 1.29 is 14.3 Å². The summed E-state index contributed by atoms with van der Waals surface area (Å²) in [7, 11) is 0. The van der Waals surface area contributed by atoms with Gasteiger partial charge >= 0.3 is 0 Å². The van der Waals surface area contributed by atoms with Gasteiger partial charge in [-0.25, -0.2) is 4.98 Å². The number of ketones is 1. The third kappa shape index (κ3) is 3.22. The third-order valence-electron chi connectivity index (χ3n) is 7.15. The first kappa shape index (κ1) is 20.6. The van der Waals surface area contributed by atoms with E-state index in [4.69, 9.17) is 9.72 Å². The molecule has 0 spiro atoms. The van der Waals surface area contributed by atoms with E-state index in [-0.39, 0.29) is 29.5 Å². The van der Waals surface area contributed by atoms with E-state index in [1.54, 1.807) is 4.90 Å². The first-order valence-electron chi connectivity index (χ1n) is 11.8. The smallest absolute Gasteiger partial charge is 0.296 e. The van der Waals surface area contributed by atoms with Crippen molar-refractivity contribution in [1.29, 1.82) is 0 Å². The molecule has 0 bridgehead atoms. The highest BCUT2D eigenvalue weighted by Gasteiger charge is 2.53. The fraction of sp³-hybridized carbons (Fsp3) is 0.370. The van der Waals surface area contributed by atoms with Gasteiger partial charge in [0.25, 0.3) is 5.91 Å². The summed E-state index contributed by atoms with van der Waals surface area (Å²) >= 11 is 1.50. The molecule has 5 nitrogen and oxygen atoms in total. The van der Waals surface area contributed by atoms with Crippen LogP contribution in [-0.4, -0.2) is 22.8 Å². The van der Waals surface area contributed by atoms with Crippen LogP contribution in [0.2, 0.25) is 0 Å². The predicted molar refractivity (Wildman–Crippen MR) is 129 cm³/mol. The van der Waals surface area contributed by atoms with Crippen LogP contribution < -0.4 is 4.90 Å². The number of benzene rings is 2. The average molecular weight is 459 g/mol. The molecule has 1 amide bonds. The second-order valence-electron chi connectivity index (χ2n) is 9.52. The van der Waals surface area contributed by atoms with Crippen molar-refractivity contribution in [2.45, 2.75) is 57.6 Å². The van der Waals surface area contributed by atoms with E-state index < -0.39 is 6.04 Å². The molecule has 3 unspecified atom stereocenters. The maximum Gasteiger partial charge on any atom is 0.296 e. The summed E-state index contributed by atoms with van der Waals surface area (Å²) < 4.78 is 7.31. The number of thiazole rings is 1. The molecule has 0 N–H and O–H groups in total. The van der Waals surface area contributed by atoms with Gasteiger partial charge in [-0.15, -0.1) is 0 Å².